The fourth-order valence-electron chi connectivity index (χ4n) is 13.6. The van der Waals surface area contributed by atoms with Gasteiger partial charge in [-0.25, -0.2) is 0 Å². The Kier molecular flexibility index (Phi) is 57.0. The van der Waals surface area contributed by atoms with Crippen LogP contribution in [0.2, 0.25) is 0 Å². The molecule has 3 aliphatic heterocycles. The lowest BCUT2D eigenvalue weighted by molar-refractivity contribution is -0.379. The second-order valence-electron chi connectivity index (χ2n) is 28.9. The first-order valence-corrected chi connectivity index (χ1v) is 40.7. The summed E-state index contributed by atoms with van der Waals surface area (Å²) >= 11 is 0. The van der Waals surface area contributed by atoms with Gasteiger partial charge in [-0.1, -0.05) is 311 Å². The van der Waals surface area contributed by atoms with Gasteiger partial charge in [0.25, 0.3) is 0 Å². The van der Waals surface area contributed by atoms with E-state index in [1.165, 1.54) is 180 Å². The van der Waals surface area contributed by atoms with Gasteiger partial charge in [-0.05, 0) is 64.2 Å². The van der Waals surface area contributed by atoms with Crippen molar-refractivity contribution in [3.8, 4) is 0 Å². The number of allylic oxidation sites excluding steroid dienone is 12. The third kappa shape index (κ3) is 42.4. The van der Waals surface area contributed by atoms with E-state index in [1.807, 2.05) is 0 Å². The molecule has 0 aromatic heterocycles. The lowest BCUT2D eigenvalue weighted by Gasteiger charge is -2.48. The minimum atomic E-state index is -1.98. The van der Waals surface area contributed by atoms with Crippen LogP contribution >= 0.6 is 0 Å². The summed E-state index contributed by atoms with van der Waals surface area (Å²) in [5, 5.41) is 121. The van der Waals surface area contributed by atoms with E-state index in [0.717, 1.165) is 96.3 Å². The number of aliphatic hydroxyl groups is 11. The van der Waals surface area contributed by atoms with E-state index in [1.54, 1.807) is 0 Å². The van der Waals surface area contributed by atoms with Gasteiger partial charge in [0, 0.05) is 6.42 Å². The number of rotatable bonds is 64. The lowest BCUT2D eigenvalue weighted by Crippen LogP contribution is -2.66. The number of unbranched alkanes of at least 4 members (excludes halogenated alkanes) is 36. The van der Waals surface area contributed by atoms with E-state index < -0.39 is 124 Å². The molecule has 17 atom stereocenters. The summed E-state index contributed by atoms with van der Waals surface area (Å²) in [7, 11) is 0. The molecule has 19 heteroatoms. The molecule has 12 N–H and O–H groups in total. The van der Waals surface area contributed by atoms with Crippen LogP contribution in [0.25, 0.3) is 0 Å². The van der Waals surface area contributed by atoms with Gasteiger partial charge < -0.3 is 89.9 Å². The molecule has 0 aliphatic carbocycles. The van der Waals surface area contributed by atoms with Gasteiger partial charge in [-0.15, -0.1) is 0 Å². The van der Waals surface area contributed by atoms with Crippen molar-refractivity contribution in [2.45, 2.75) is 413 Å². The van der Waals surface area contributed by atoms with Crippen LogP contribution in [0, 0.1) is 0 Å². The third-order valence-corrected chi connectivity index (χ3v) is 20.0. The highest BCUT2D eigenvalue weighted by Crippen LogP contribution is 2.33. The number of aliphatic hydroxyl groups excluding tert-OH is 11. The molecule has 588 valence electrons. The van der Waals surface area contributed by atoms with Crippen LogP contribution in [0.3, 0.4) is 0 Å². The van der Waals surface area contributed by atoms with Crippen LogP contribution in [0.4, 0.5) is 0 Å². The average Bonchev–Trinajstić information content (AvgIpc) is 0.796. The quantitative estimate of drug-likeness (QED) is 0.0199. The smallest absolute Gasteiger partial charge is 0.220 e. The molecule has 19 nitrogen and oxygen atoms in total. The predicted molar refractivity (Wildman–Crippen MR) is 401 cm³/mol. The van der Waals surface area contributed by atoms with Crippen molar-refractivity contribution in [1.82, 2.24) is 5.32 Å². The molecule has 3 heterocycles. The second kappa shape index (κ2) is 62.3. The summed E-state index contributed by atoms with van der Waals surface area (Å²) in [6.07, 6.45) is 54.1. The maximum Gasteiger partial charge on any atom is 0.220 e. The monoisotopic (exact) mass is 1430 g/mol. The summed E-state index contributed by atoms with van der Waals surface area (Å²) in [5.41, 5.74) is 0. The molecule has 0 bridgehead atoms. The van der Waals surface area contributed by atoms with Crippen LogP contribution in [0.5, 0.6) is 0 Å². The molecule has 0 spiro atoms. The second-order valence-corrected chi connectivity index (χ2v) is 28.9. The number of amides is 1. The summed E-state index contributed by atoms with van der Waals surface area (Å²) in [4.78, 5) is 13.5. The SMILES string of the molecule is CC/C=C\C/C=C\C/C=C\C/C=C\C/C=C\C/C=C\CCCCCCCCCCCCC(=O)NC(COC1OC(CO)C(OC2OC(CO)C(OC3OC(CO)C(O)C(O)C3O)C(O)C2O)C(O)C1O)C(O)CCCCCCCCCCCCCCCCCCCCCCCCCCCCC. The minimum absolute atomic E-state index is 0.246. The first kappa shape index (κ1) is 92.4. The van der Waals surface area contributed by atoms with Crippen LogP contribution in [-0.2, 0) is 33.2 Å². The normalized spacial score (nSPS) is 26.7. The maximum absolute atomic E-state index is 13.5. The average molecular weight is 1440 g/mol. The topological polar surface area (TPSA) is 307 Å². The fourth-order valence-corrected chi connectivity index (χ4v) is 13.6. The van der Waals surface area contributed by atoms with Crippen molar-refractivity contribution >= 4 is 5.91 Å². The Morgan fingerprint density at radius 3 is 1.07 bits per heavy atom. The van der Waals surface area contributed by atoms with Gasteiger partial charge in [-0.2, -0.15) is 0 Å². The summed E-state index contributed by atoms with van der Waals surface area (Å²) < 4.78 is 34.5. The number of hydrogen-bond acceptors (Lipinski definition) is 18. The van der Waals surface area contributed by atoms with Crippen LogP contribution in [-0.4, -0.2) is 193 Å². The lowest BCUT2D eigenvalue weighted by atomic mass is 9.96. The Labute approximate surface area is 610 Å². The molecule has 101 heavy (non-hydrogen) atoms. The molecule has 3 saturated heterocycles. The molecule has 3 aliphatic rings. The molecule has 3 rings (SSSR count). The van der Waals surface area contributed by atoms with E-state index in [4.69, 9.17) is 28.4 Å². The van der Waals surface area contributed by atoms with E-state index in [-0.39, 0.29) is 18.9 Å². The van der Waals surface area contributed by atoms with Crippen molar-refractivity contribution in [2.24, 2.45) is 0 Å². The van der Waals surface area contributed by atoms with Crippen LogP contribution < -0.4 is 5.32 Å². The summed E-state index contributed by atoms with van der Waals surface area (Å²) in [5.74, 6) is -0.246. The Morgan fingerprint density at radius 2 is 0.683 bits per heavy atom. The number of hydrogen-bond donors (Lipinski definition) is 12. The highest BCUT2D eigenvalue weighted by atomic mass is 16.8. The molecule has 0 saturated carbocycles. The van der Waals surface area contributed by atoms with E-state index in [2.05, 4.69) is 92.1 Å². The largest absolute Gasteiger partial charge is 0.394 e. The zero-order valence-electron chi connectivity index (χ0n) is 62.9. The van der Waals surface area contributed by atoms with E-state index in [0.29, 0.717) is 12.8 Å². The van der Waals surface area contributed by atoms with Crippen LogP contribution in [0.1, 0.15) is 309 Å². The maximum atomic E-state index is 13.5. The number of carbonyl (C=O) groups excluding carboxylic acids is 1. The van der Waals surface area contributed by atoms with Gasteiger partial charge >= 0.3 is 0 Å². The standard InChI is InChI=1S/C82H147NO18/c1-3-5-7-9-11-13-15-17-19-21-23-25-27-29-31-32-34-36-38-40-42-44-46-48-50-52-54-56-58-60-70(88)83-65(66(87)59-57-55-53-51-49-47-45-43-41-39-37-35-33-30-28-26-24-22-20-18-16-14-12-10-8-6-4-2)64-96-80-76(94)73(91)78(68(62-85)98-80)101-82-77(95)74(92)79(69(63-86)99-82)100-81-75(93)72(90)71(89)67(61-84)97-81/h5,7,11,13,17,19,23,25,29,31,34,36,65-69,71-82,84-87,89-95H,3-4,6,8-10,12,14-16,18,20-22,24,26-28,30,32-33,35,37-64H2,1-2H3,(H,83,88)/b7-5-,13-11-,19-17-,25-23-,31-29-,36-34-. The van der Waals surface area contributed by atoms with Gasteiger partial charge in [0.15, 0.2) is 18.9 Å². The highest BCUT2D eigenvalue weighted by Gasteiger charge is 2.54. The number of ether oxygens (including phenoxy) is 6. The Balaban J connectivity index is 1.37. The van der Waals surface area contributed by atoms with Crippen molar-refractivity contribution in [3.05, 3.63) is 72.9 Å². The Bertz CT molecular complexity index is 2110. The van der Waals surface area contributed by atoms with Gasteiger partial charge in [-0.3, -0.25) is 4.79 Å². The zero-order valence-corrected chi connectivity index (χ0v) is 62.9. The molecule has 0 aromatic carbocycles. The van der Waals surface area contributed by atoms with Crippen molar-refractivity contribution < 1.29 is 89.4 Å². The molecule has 0 aromatic rings. The third-order valence-electron chi connectivity index (χ3n) is 20.0. The Hall–Kier alpha value is -2.77. The summed E-state index contributed by atoms with van der Waals surface area (Å²) in [6, 6.07) is -0.896. The first-order chi connectivity index (χ1) is 49.3. The van der Waals surface area contributed by atoms with Crippen molar-refractivity contribution in [3.63, 3.8) is 0 Å². The van der Waals surface area contributed by atoms with Gasteiger partial charge in [0.2, 0.25) is 5.91 Å². The molecule has 17 unspecified atom stereocenters. The van der Waals surface area contributed by atoms with Crippen LogP contribution in [0.15, 0.2) is 72.9 Å². The predicted octanol–water partition coefficient (Wildman–Crippen LogP) is 13.6. The Morgan fingerprint density at radius 1 is 0.366 bits per heavy atom. The van der Waals surface area contributed by atoms with E-state index >= 15 is 0 Å². The van der Waals surface area contributed by atoms with Crippen molar-refractivity contribution in [2.75, 3.05) is 26.4 Å². The fraction of sp³-hybridized carbons (Fsp3) is 0.841. The zero-order chi connectivity index (χ0) is 73.2. The van der Waals surface area contributed by atoms with Crippen molar-refractivity contribution in [1.29, 1.82) is 0 Å². The van der Waals surface area contributed by atoms with Gasteiger partial charge in [0.1, 0.15) is 73.2 Å². The number of nitrogens with one attached hydrogen (secondary N) is 1. The highest BCUT2D eigenvalue weighted by molar-refractivity contribution is 5.76. The molecular formula is C82H147NO18. The first-order valence-electron chi connectivity index (χ1n) is 40.7. The summed E-state index contributed by atoms with van der Waals surface area (Å²) in [6.45, 7) is 1.72. The molecule has 1 amide bonds. The van der Waals surface area contributed by atoms with E-state index in [9.17, 15) is 61.0 Å². The molecule has 0 radical (unpaired) electrons. The number of carbonyl (C=O) groups is 1. The molecule has 3 fully saturated rings. The minimum Gasteiger partial charge on any atom is -0.394 e. The van der Waals surface area contributed by atoms with Gasteiger partial charge in [0.05, 0.1) is 38.6 Å². The molecular weight excluding hydrogens is 1290 g/mol.